The minimum atomic E-state index is -0.0116. The summed E-state index contributed by atoms with van der Waals surface area (Å²) in [4.78, 5) is 4.45. The third kappa shape index (κ3) is 2.42. The van der Waals surface area contributed by atoms with Crippen LogP contribution in [0.15, 0.2) is 36.5 Å². The fraction of sp³-hybridized carbons (Fsp3) is 0.250. The van der Waals surface area contributed by atoms with Gasteiger partial charge in [0.1, 0.15) is 5.75 Å². The maximum absolute atomic E-state index is 9.91. The van der Waals surface area contributed by atoms with Gasteiger partial charge < -0.3 is 10.4 Å². The first-order chi connectivity index (χ1) is 10.1. The van der Waals surface area contributed by atoms with Crippen LogP contribution < -0.4 is 5.32 Å². The van der Waals surface area contributed by atoms with Crippen molar-refractivity contribution in [3.8, 4) is 5.75 Å². The average Bonchev–Trinajstić information content (AvgIpc) is 2.74. The number of rotatable bonds is 3. The Hall–Kier alpha value is -2.56. The fourth-order valence-corrected chi connectivity index (χ4v) is 2.57. The number of pyridine rings is 1. The molecule has 0 radical (unpaired) electrons. The molecular weight excluding hydrogens is 264 g/mol. The van der Waals surface area contributed by atoms with Gasteiger partial charge in [-0.1, -0.05) is 18.2 Å². The molecule has 0 saturated heterocycles. The van der Waals surface area contributed by atoms with Crippen molar-refractivity contribution in [2.45, 2.75) is 19.9 Å². The normalized spacial score (nSPS) is 12.5. The Balaban J connectivity index is 1.91. The molecule has 0 fully saturated rings. The molecule has 5 nitrogen and oxygen atoms in total. The molecule has 0 aliphatic rings. The van der Waals surface area contributed by atoms with Gasteiger partial charge in [-0.15, -0.1) is 0 Å². The van der Waals surface area contributed by atoms with E-state index in [0.717, 1.165) is 28.0 Å². The number of anilines is 1. The number of fused-ring (bicyclic) bond motifs is 1. The van der Waals surface area contributed by atoms with Gasteiger partial charge in [0.15, 0.2) is 5.65 Å². The molecule has 0 amide bonds. The van der Waals surface area contributed by atoms with Crippen molar-refractivity contribution >= 4 is 16.7 Å². The van der Waals surface area contributed by atoms with Crippen LogP contribution >= 0.6 is 0 Å². The van der Waals surface area contributed by atoms with Crippen molar-refractivity contribution in [3.05, 3.63) is 47.8 Å². The Bertz CT molecular complexity index is 794. The Kier molecular flexibility index (Phi) is 3.25. The number of phenols is 1. The van der Waals surface area contributed by atoms with E-state index < -0.39 is 0 Å². The summed E-state index contributed by atoms with van der Waals surface area (Å²) in [6.45, 7) is 3.98. The molecule has 0 aliphatic carbocycles. The van der Waals surface area contributed by atoms with Gasteiger partial charge in [0.2, 0.25) is 0 Å². The van der Waals surface area contributed by atoms with Gasteiger partial charge in [-0.2, -0.15) is 5.10 Å². The number of benzene rings is 1. The van der Waals surface area contributed by atoms with Crippen LogP contribution in [0.3, 0.4) is 0 Å². The third-order valence-corrected chi connectivity index (χ3v) is 3.65. The molecule has 1 unspecified atom stereocenters. The van der Waals surface area contributed by atoms with Crippen LogP contribution in [0.25, 0.3) is 11.0 Å². The summed E-state index contributed by atoms with van der Waals surface area (Å²) in [5, 5.41) is 18.7. The molecule has 3 aromatic rings. The molecule has 1 aromatic carbocycles. The Labute approximate surface area is 123 Å². The highest BCUT2D eigenvalue weighted by Crippen LogP contribution is 2.27. The number of aromatic nitrogens is 3. The topological polar surface area (TPSA) is 63.0 Å². The van der Waals surface area contributed by atoms with Crippen LogP contribution in [0.2, 0.25) is 0 Å². The molecule has 5 heteroatoms. The van der Waals surface area contributed by atoms with Crippen molar-refractivity contribution in [1.82, 2.24) is 14.8 Å². The second kappa shape index (κ2) is 5.09. The van der Waals surface area contributed by atoms with Crippen molar-refractivity contribution in [2.24, 2.45) is 7.05 Å². The van der Waals surface area contributed by atoms with Gasteiger partial charge in [-0.05, 0) is 26.0 Å². The minimum Gasteiger partial charge on any atom is -0.508 e. The van der Waals surface area contributed by atoms with Crippen LogP contribution in [-0.4, -0.2) is 19.9 Å². The molecule has 3 rings (SSSR count). The van der Waals surface area contributed by atoms with E-state index in [0.29, 0.717) is 5.75 Å². The van der Waals surface area contributed by atoms with Crippen molar-refractivity contribution in [1.29, 1.82) is 0 Å². The smallest absolute Gasteiger partial charge is 0.157 e. The second-order valence-corrected chi connectivity index (χ2v) is 5.23. The van der Waals surface area contributed by atoms with Crippen LogP contribution in [0.4, 0.5) is 5.69 Å². The first kappa shape index (κ1) is 13.4. The van der Waals surface area contributed by atoms with E-state index in [4.69, 9.17) is 0 Å². The molecule has 0 bridgehead atoms. The van der Waals surface area contributed by atoms with Gasteiger partial charge >= 0.3 is 0 Å². The van der Waals surface area contributed by atoms with E-state index in [1.807, 2.05) is 45.2 Å². The zero-order valence-corrected chi connectivity index (χ0v) is 12.3. The summed E-state index contributed by atoms with van der Waals surface area (Å²) in [5.74, 6) is 0.295. The molecule has 0 spiro atoms. The van der Waals surface area contributed by atoms with Gasteiger partial charge in [-0.3, -0.25) is 4.68 Å². The van der Waals surface area contributed by atoms with E-state index in [9.17, 15) is 5.11 Å². The number of hydrogen-bond donors (Lipinski definition) is 2. The average molecular weight is 282 g/mol. The van der Waals surface area contributed by atoms with Gasteiger partial charge in [0.05, 0.1) is 23.6 Å². The largest absolute Gasteiger partial charge is 0.508 e. The first-order valence-corrected chi connectivity index (χ1v) is 6.90. The molecule has 1 atom stereocenters. The predicted molar refractivity (Wildman–Crippen MR) is 83.4 cm³/mol. The van der Waals surface area contributed by atoms with Gasteiger partial charge in [0, 0.05) is 18.0 Å². The fourth-order valence-electron chi connectivity index (χ4n) is 2.57. The molecule has 2 aromatic heterocycles. The van der Waals surface area contributed by atoms with Crippen LogP contribution in [0.5, 0.6) is 5.75 Å². The number of nitrogens with one attached hydrogen (secondary N) is 1. The molecule has 2 heterocycles. The van der Waals surface area contributed by atoms with E-state index in [2.05, 4.69) is 15.4 Å². The van der Waals surface area contributed by atoms with Gasteiger partial charge in [0.25, 0.3) is 0 Å². The standard InChI is InChI=1S/C16H18N4O/c1-10(13-6-4-5-7-15(13)21)18-12-8-14-11(2)19-20(3)16(14)17-9-12/h4-10,18,21H,1-3H3. The Morgan fingerprint density at radius 1 is 1.29 bits per heavy atom. The summed E-state index contributed by atoms with van der Waals surface area (Å²) in [6.07, 6.45) is 1.79. The molecule has 108 valence electrons. The van der Waals surface area contributed by atoms with Crippen LogP contribution in [0, 0.1) is 6.92 Å². The molecule has 0 aliphatic heterocycles. The summed E-state index contributed by atoms with van der Waals surface area (Å²) in [7, 11) is 1.89. The quantitative estimate of drug-likeness (QED) is 0.774. The molecular formula is C16H18N4O. The molecule has 21 heavy (non-hydrogen) atoms. The minimum absolute atomic E-state index is 0.0116. The summed E-state index contributed by atoms with van der Waals surface area (Å²) < 4.78 is 1.78. The lowest BCUT2D eigenvalue weighted by Crippen LogP contribution is -2.07. The maximum Gasteiger partial charge on any atom is 0.157 e. The zero-order chi connectivity index (χ0) is 15.0. The highest BCUT2D eigenvalue weighted by Gasteiger charge is 2.11. The monoisotopic (exact) mass is 282 g/mol. The molecule has 0 saturated carbocycles. The summed E-state index contributed by atoms with van der Waals surface area (Å²) in [6, 6.07) is 9.37. The number of hydrogen-bond acceptors (Lipinski definition) is 4. The lowest BCUT2D eigenvalue weighted by atomic mass is 10.1. The molecule has 2 N–H and O–H groups in total. The van der Waals surface area contributed by atoms with Crippen LogP contribution in [0.1, 0.15) is 24.2 Å². The van der Waals surface area contributed by atoms with E-state index >= 15 is 0 Å². The summed E-state index contributed by atoms with van der Waals surface area (Å²) >= 11 is 0. The highest BCUT2D eigenvalue weighted by molar-refractivity contribution is 5.81. The van der Waals surface area contributed by atoms with Crippen molar-refractivity contribution < 1.29 is 5.11 Å². The number of aryl methyl sites for hydroxylation is 2. The summed E-state index contributed by atoms with van der Waals surface area (Å²) in [5.41, 5.74) is 3.60. The van der Waals surface area contributed by atoms with E-state index in [1.54, 1.807) is 16.9 Å². The number of nitrogens with zero attached hydrogens (tertiary/aromatic N) is 3. The van der Waals surface area contributed by atoms with Gasteiger partial charge in [-0.25, -0.2) is 4.98 Å². The van der Waals surface area contributed by atoms with E-state index in [1.165, 1.54) is 0 Å². The maximum atomic E-state index is 9.91. The third-order valence-electron chi connectivity index (χ3n) is 3.65. The second-order valence-electron chi connectivity index (χ2n) is 5.23. The first-order valence-electron chi connectivity index (χ1n) is 6.90. The lowest BCUT2D eigenvalue weighted by molar-refractivity contribution is 0.465. The van der Waals surface area contributed by atoms with E-state index in [-0.39, 0.29) is 6.04 Å². The Morgan fingerprint density at radius 2 is 2.05 bits per heavy atom. The van der Waals surface area contributed by atoms with Crippen molar-refractivity contribution in [3.63, 3.8) is 0 Å². The number of para-hydroxylation sites is 1. The predicted octanol–water partition coefficient (Wildman–Crippen LogP) is 3.16. The number of aromatic hydroxyl groups is 1. The zero-order valence-electron chi connectivity index (χ0n) is 12.3. The highest BCUT2D eigenvalue weighted by atomic mass is 16.3. The lowest BCUT2D eigenvalue weighted by Gasteiger charge is -2.16. The SMILES string of the molecule is Cc1nn(C)c2ncc(NC(C)c3ccccc3O)cc12. The van der Waals surface area contributed by atoms with Crippen LogP contribution in [-0.2, 0) is 7.05 Å². The van der Waals surface area contributed by atoms with Crippen molar-refractivity contribution in [2.75, 3.05) is 5.32 Å². The Morgan fingerprint density at radius 3 is 2.81 bits per heavy atom. The number of phenolic OH excluding ortho intramolecular Hbond substituents is 1.